The molecule has 0 aliphatic carbocycles. The van der Waals surface area contributed by atoms with Crippen LogP contribution in [0.1, 0.15) is 21.9 Å². The van der Waals surface area contributed by atoms with Gasteiger partial charge in [-0.25, -0.2) is 9.97 Å². The number of carbonyl (C=O) groups excluding carboxylic acids is 1. The predicted octanol–water partition coefficient (Wildman–Crippen LogP) is 0.880. The van der Waals surface area contributed by atoms with Gasteiger partial charge in [0.25, 0.3) is 5.91 Å². The fourth-order valence-electron chi connectivity index (χ4n) is 2.08. The maximum atomic E-state index is 12.4. The number of rotatable bonds is 3. The van der Waals surface area contributed by atoms with Crippen LogP contribution in [0.25, 0.3) is 0 Å². The molecule has 1 saturated heterocycles. The van der Waals surface area contributed by atoms with Gasteiger partial charge >= 0.3 is 0 Å². The predicted molar refractivity (Wildman–Crippen MR) is 69.8 cm³/mol. The van der Waals surface area contributed by atoms with Crippen molar-refractivity contribution in [2.45, 2.75) is 18.9 Å². The molecule has 1 aromatic heterocycles. The summed E-state index contributed by atoms with van der Waals surface area (Å²) in [5, 5.41) is 9.71. The molecule has 0 saturated carbocycles. The number of nitrogens with zero attached hydrogens (tertiary/aromatic N) is 3. The lowest BCUT2D eigenvalue weighted by atomic mass is 10.00. The number of aliphatic hydroxyl groups excluding tert-OH is 1. The Morgan fingerprint density at radius 2 is 2.11 bits per heavy atom. The first-order chi connectivity index (χ1) is 8.56. The zero-order chi connectivity index (χ0) is 13.3. The number of amides is 1. The van der Waals surface area contributed by atoms with Crippen molar-refractivity contribution in [2.75, 3.05) is 26.0 Å². The molecule has 0 aromatic carbocycles. The van der Waals surface area contributed by atoms with Crippen LogP contribution >= 0.6 is 11.8 Å². The van der Waals surface area contributed by atoms with Crippen molar-refractivity contribution >= 4 is 17.7 Å². The van der Waals surface area contributed by atoms with Crippen LogP contribution in [-0.4, -0.2) is 51.8 Å². The summed E-state index contributed by atoms with van der Waals surface area (Å²) in [6.07, 6.45) is 1.91. The molecule has 18 heavy (non-hydrogen) atoms. The second kappa shape index (κ2) is 5.24. The van der Waals surface area contributed by atoms with Gasteiger partial charge in [0.2, 0.25) is 0 Å². The van der Waals surface area contributed by atoms with E-state index in [9.17, 15) is 4.79 Å². The molecule has 2 rings (SSSR count). The van der Waals surface area contributed by atoms with Crippen LogP contribution in [0, 0.1) is 19.8 Å². The Morgan fingerprint density at radius 3 is 2.67 bits per heavy atom. The van der Waals surface area contributed by atoms with Crippen molar-refractivity contribution in [3.63, 3.8) is 0 Å². The van der Waals surface area contributed by atoms with Gasteiger partial charge in [-0.1, -0.05) is 0 Å². The minimum atomic E-state index is -0.0263. The number of aromatic nitrogens is 2. The van der Waals surface area contributed by atoms with Crippen LogP contribution in [0.2, 0.25) is 0 Å². The molecule has 0 bridgehead atoms. The Kier molecular flexibility index (Phi) is 3.87. The van der Waals surface area contributed by atoms with E-state index in [1.165, 1.54) is 11.8 Å². The van der Waals surface area contributed by atoms with E-state index in [-0.39, 0.29) is 18.4 Å². The van der Waals surface area contributed by atoms with Crippen LogP contribution in [0.4, 0.5) is 0 Å². The zero-order valence-electron chi connectivity index (χ0n) is 10.8. The summed E-state index contributed by atoms with van der Waals surface area (Å²) >= 11 is 1.46. The number of aliphatic hydroxyl groups is 1. The van der Waals surface area contributed by atoms with E-state index in [0.717, 1.165) is 10.7 Å². The van der Waals surface area contributed by atoms with E-state index in [1.807, 2.05) is 20.1 Å². The Hall–Kier alpha value is -1.14. The molecule has 1 aliphatic rings. The number of hydrogen-bond acceptors (Lipinski definition) is 5. The Morgan fingerprint density at radius 1 is 1.44 bits per heavy atom. The topological polar surface area (TPSA) is 66.3 Å². The van der Waals surface area contributed by atoms with Gasteiger partial charge in [0.1, 0.15) is 10.9 Å². The van der Waals surface area contributed by atoms with Crippen LogP contribution in [0.5, 0.6) is 0 Å². The number of likely N-dealkylation sites (tertiary alicyclic amines) is 1. The standard InChI is InChI=1S/C12H17N3O2S/c1-7-10(11(18-3)14-8(2)13-7)12(17)15-4-9(5-15)6-16/h9,16H,4-6H2,1-3H3. The Labute approximate surface area is 111 Å². The van der Waals surface area contributed by atoms with E-state index in [4.69, 9.17) is 5.11 Å². The maximum absolute atomic E-state index is 12.4. The van der Waals surface area contributed by atoms with E-state index < -0.39 is 0 Å². The van der Waals surface area contributed by atoms with E-state index in [0.29, 0.717) is 24.5 Å². The fraction of sp³-hybridized carbons (Fsp3) is 0.583. The summed E-state index contributed by atoms with van der Waals surface area (Å²) in [7, 11) is 0. The SMILES string of the molecule is CSc1nc(C)nc(C)c1C(=O)N1CC(CO)C1. The second-order valence-electron chi connectivity index (χ2n) is 4.50. The lowest BCUT2D eigenvalue weighted by molar-refractivity contribution is 0.0357. The molecule has 1 fully saturated rings. The number of thioether (sulfide) groups is 1. The van der Waals surface area contributed by atoms with Crippen LogP contribution in [-0.2, 0) is 0 Å². The lowest BCUT2D eigenvalue weighted by Gasteiger charge is -2.38. The van der Waals surface area contributed by atoms with Crippen LogP contribution < -0.4 is 0 Å². The molecule has 98 valence electrons. The second-order valence-corrected chi connectivity index (χ2v) is 5.29. The first-order valence-corrected chi connectivity index (χ1v) is 7.08. The lowest BCUT2D eigenvalue weighted by Crippen LogP contribution is -2.51. The van der Waals surface area contributed by atoms with Crippen LogP contribution in [0.3, 0.4) is 0 Å². The third-order valence-electron chi connectivity index (χ3n) is 3.08. The summed E-state index contributed by atoms with van der Waals surface area (Å²) < 4.78 is 0. The smallest absolute Gasteiger partial charge is 0.258 e. The summed E-state index contributed by atoms with van der Waals surface area (Å²) in [4.78, 5) is 22.7. The van der Waals surface area contributed by atoms with Crippen molar-refractivity contribution in [3.05, 3.63) is 17.1 Å². The van der Waals surface area contributed by atoms with Crippen molar-refractivity contribution in [3.8, 4) is 0 Å². The Bertz CT molecular complexity index is 473. The van der Waals surface area contributed by atoms with Gasteiger partial charge < -0.3 is 10.0 Å². The minimum absolute atomic E-state index is 0.0263. The van der Waals surface area contributed by atoms with Crippen molar-refractivity contribution in [1.29, 1.82) is 0 Å². The number of hydrogen-bond donors (Lipinski definition) is 1. The first-order valence-electron chi connectivity index (χ1n) is 5.86. The fourth-order valence-corrected chi connectivity index (χ4v) is 2.75. The largest absolute Gasteiger partial charge is 0.396 e. The molecule has 0 atom stereocenters. The van der Waals surface area contributed by atoms with E-state index >= 15 is 0 Å². The van der Waals surface area contributed by atoms with E-state index in [1.54, 1.807) is 4.90 Å². The summed E-state index contributed by atoms with van der Waals surface area (Å²) in [6.45, 7) is 5.05. The molecule has 0 radical (unpaired) electrons. The molecule has 0 unspecified atom stereocenters. The normalized spacial score (nSPS) is 15.7. The van der Waals surface area contributed by atoms with Crippen molar-refractivity contribution in [1.82, 2.24) is 14.9 Å². The summed E-state index contributed by atoms with van der Waals surface area (Å²) in [5.41, 5.74) is 1.33. The average Bonchev–Trinajstić information content (AvgIpc) is 2.26. The average molecular weight is 267 g/mol. The molecule has 1 aromatic rings. The molecular weight excluding hydrogens is 250 g/mol. The van der Waals surface area contributed by atoms with Gasteiger partial charge in [0, 0.05) is 25.6 Å². The van der Waals surface area contributed by atoms with E-state index in [2.05, 4.69) is 9.97 Å². The quantitative estimate of drug-likeness (QED) is 0.650. The number of carbonyl (C=O) groups is 1. The monoisotopic (exact) mass is 267 g/mol. The summed E-state index contributed by atoms with van der Waals surface area (Å²) in [6, 6.07) is 0. The third kappa shape index (κ3) is 2.35. The molecular formula is C12H17N3O2S. The summed E-state index contributed by atoms with van der Waals surface area (Å²) in [5.74, 6) is 0.880. The molecule has 1 amide bonds. The van der Waals surface area contributed by atoms with Gasteiger partial charge in [-0.2, -0.15) is 0 Å². The highest BCUT2D eigenvalue weighted by molar-refractivity contribution is 7.98. The van der Waals surface area contributed by atoms with Gasteiger partial charge in [-0.05, 0) is 20.1 Å². The molecule has 2 heterocycles. The molecule has 6 heteroatoms. The highest BCUT2D eigenvalue weighted by atomic mass is 32.2. The highest BCUT2D eigenvalue weighted by Crippen LogP contribution is 2.25. The zero-order valence-corrected chi connectivity index (χ0v) is 11.6. The molecule has 1 aliphatic heterocycles. The number of aryl methyl sites for hydroxylation is 2. The molecule has 0 spiro atoms. The van der Waals surface area contributed by atoms with Crippen molar-refractivity contribution < 1.29 is 9.90 Å². The van der Waals surface area contributed by atoms with Gasteiger partial charge in [-0.15, -0.1) is 11.8 Å². The van der Waals surface area contributed by atoms with Gasteiger partial charge in [-0.3, -0.25) is 4.79 Å². The third-order valence-corrected chi connectivity index (χ3v) is 3.76. The molecule has 5 nitrogen and oxygen atoms in total. The van der Waals surface area contributed by atoms with Gasteiger partial charge in [0.05, 0.1) is 11.3 Å². The Balaban J connectivity index is 2.25. The van der Waals surface area contributed by atoms with Crippen molar-refractivity contribution in [2.24, 2.45) is 5.92 Å². The highest BCUT2D eigenvalue weighted by Gasteiger charge is 2.33. The maximum Gasteiger partial charge on any atom is 0.258 e. The first kappa shape index (κ1) is 13.3. The minimum Gasteiger partial charge on any atom is -0.396 e. The van der Waals surface area contributed by atoms with Crippen LogP contribution in [0.15, 0.2) is 5.03 Å². The van der Waals surface area contributed by atoms with Gasteiger partial charge in [0.15, 0.2) is 0 Å². The molecule has 1 N–H and O–H groups in total.